The molecule has 1 heterocycles. The predicted octanol–water partition coefficient (Wildman–Crippen LogP) is 1.32. The van der Waals surface area contributed by atoms with Crippen LogP contribution in [0.3, 0.4) is 0 Å². The third kappa shape index (κ3) is 2.26. The quantitative estimate of drug-likeness (QED) is 0.709. The summed E-state index contributed by atoms with van der Waals surface area (Å²) in [6.07, 6.45) is 1.97. The minimum absolute atomic E-state index is 0.0217. The molecule has 5 heteroatoms. The number of hydrogen-bond donors (Lipinski definition) is 3. The number of aromatic nitrogens is 1. The van der Waals surface area contributed by atoms with Crippen LogP contribution in [-0.4, -0.2) is 27.9 Å². The topological polar surface area (TPSA) is 96.2 Å². The number of carbonyl (C=O) groups is 2. The summed E-state index contributed by atoms with van der Waals surface area (Å²) in [7, 11) is 0. The molecule has 0 radical (unpaired) electrons. The van der Waals surface area contributed by atoms with Crippen molar-refractivity contribution < 1.29 is 14.7 Å². The number of fused-ring (bicyclic) bond motifs is 1. The number of Topliss-reactive ketones (excluding diaryl/α,β-unsaturated/α-hetero) is 1. The van der Waals surface area contributed by atoms with Crippen LogP contribution in [0.15, 0.2) is 24.4 Å². The van der Waals surface area contributed by atoms with E-state index in [1.165, 1.54) is 6.92 Å². The number of aliphatic carboxylic acids is 1. The van der Waals surface area contributed by atoms with Crippen LogP contribution >= 0.6 is 0 Å². The van der Waals surface area contributed by atoms with Crippen molar-refractivity contribution in [2.45, 2.75) is 19.4 Å². The third-order valence-electron chi connectivity index (χ3n) is 2.93. The van der Waals surface area contributed by atoms with Crippen molar-refractivity contribution in [1.29, 1.82) is 0 Å². The lowest BCUT2D eigenvalue weighted by Gasteiger charge is -2.05. The molecule has 0 amide bonds. The summed E-state index contributed by atoms with van der Waals surface area (Å²) < 4.78 is 0. The summed E-state index contributed by atoms with van der Waals surface area (Å²) >= 11 is 0. The van der Waals surface area contributed by atoms with Crippen LogP contribution in [0.4, 0.5) is 0 Å². The fraction of sp³-hybridized carbons (Fsp3) is 0.231. The molecule has 5 nitrogen and oxygen atoms in total. The first-order chi connectivity index (χ1) is 8.49. The van der Waals surface area contributed by atoms with Gasteiger partial charge in [0.2, 0.25) is 0 Å². The highest BCUT2D eigenvalue weighted by Crippen LogP contribution is 2.21. The van der Waals surface area contributed by atoms with Crippen molar-refractivity contribution >= 4 is 22.7 Å². The highest BCUT2D eigenvalue weighted by atomic mass is 16.4. The number of aromatic amines is 1. The van der Waals surface area contributed by atoms with Crippen LogP contribution in [-0.2, 0) is 11.2 Å². The van der Waals surface area contributed by atoms with Crippen LogP contribution in [0.1, 0.15) is 22.8 Å². The minimum Gasteiger partial charge on any atom is -0.480 e. The normalized spacial score (nSPS) is 12.6. The summed E-state index contributed by atoms with van der Waals surface area (Å²) in [6, 6.07) is 4.37. The van der Waals surface area contributed by atoms with Crippen molar-refractivity contribution in [3.63, 3.8) is 0 Å². The van der Waals surface area contributed by atoms with Gasteiger partial charge in [-0.15, -0.1) is 0 Å². The maximum atomic E-state index is 11.3. The first-order valence-corrected chi connectivity index (χ1v) is 5.58. The SMILES string of the molecule is CC(=O)c1ccc2[nH]cc(C[C@H](N)C(=O)O)c2c1. The van der Waals surface area contributed by atoms with Crippen molar-refractivity contribution in [1.82, 2.24) is 4.98 Å². The number of rotatable bonds is 4. The van der Waals surface area contributed by atoms with Gasteiger partial charge in [0.05, 0.1) is 0 Å². The third-order valence-corrected chi connectivity index (χ3v) is 2.93. The van der Waals surface area contributed by atoms with E-state index in [2.05, 4.69) is 4.98 Å². The number of nitrogens with one attached hydrogen (secondary N) is 1. The average Bonchev–Trinajstić information content (AvgIpc) is 2.71. The zero-order valence-corrected chi connectivity index (χ0v) is 9.93. The molecule has 0 bridgehead atoms. The van der Waals surface area contributed by atoms with Gasteiger partial charge in [0.25, 0.3) is 0 Å². The molecule has 2 aromatic rings. The number of H-pyrrole nitrogens is 1. The van der Waals surface area contributed by atoms with E-state index in [4.69, 9.17) is 10.8 Å². The Labute approximate surface area is 104 Å². The summed E-state index contributed by atoms with van der Waals surface area (Å²) in [5.74, 6) is -1.06. The Morgan fingerprint density at radius 3 is 2.78 bits per heavy atom. The number of ketones is 1. The van der Waals surface area contributed by atoms with Gasteiger partial charge in [0, 0.05) is 29.1 Å². The molecule has 0 aliphatic rings. The molecule has 0 aliphatic carbocycles. The molecule has 0 unspecified atom stereocenters. The van der Waals surface area contributed by atoms with Crippen LogP contribution in [0.25, 0.3) is 10.9 Å². The molecule has 1 aromatic heterocycles. The number of carboxylic acid groups (broad SMARTS) is 1. The fourth-order valence-corrected chi connectivity index (χ4v) is 1.89. The first kappa shape index (κ1) is 12.3. The molecule has 1 atom stereocenters. The summed E-state index contributed by atoms with van der Waals surface area (Å²) in [4.78, 5) is 25.1. The average molecular weight is 246 g/mol. The maximum absolute atomic E-state index is 11.3. The highest BCUT2D eigenvalue weighted by Gasteiger charge is 2.15. The van der Waals surface area contributed by atoms with E-state index in [1.807, 2.05) is 6.07 Å². The van der Waals surface area contributed by atoms with Crippen molar-refractivity contribution in [2.24, 2.45) is 5.73 Å². The maximum Gasteiger partial charge on any atom is 0.320 e. The van der Waals surface area contributed by atoms with Gasteiger partial charge in [-0.25, -0.2) is 0 Å². The van der Waals surface area contributed by atoms with Crippen molar-refractivity contribution in [3.8, 4) is 0 Å². The lowest BCUT2D eigenvalue weighted by molar-refractivity contribution is -0.138. The van der Waals surface area contributed by atoms with E-state index in [1.54, 1.807) is 18.3 Å². The zero-order valence-electron chi connectivity index (χ0n) is 9.93. The Hall–Kier alpha value is -2.14. The van der Waals surface area contributed by atoms with E-state index in [0.717, 1.165) is 16.5 Å². The molecule has 0 aliphatic heterocycles. The zero-order chi connectivity index (χ0) is 13.3. The fourth-order valence-electron chi connectivity index (χ4n) is 1.89. The van der Waals surface area contributed by atoms with E-state index >= 15 is 0 Å². The van der Waals surface area contributed by atoms with Gasteiger partial charge in [-0.3, -0.25) is 9.59 Å². The molecule has 18 heavy (non-hydrogen) atoms. The second-order valence-electron chi connectivity index (χ2n) is 4.28. The molecule has 94 valence electrons. The Morgan fingerprint density at radius 2 is 2.17 bits per heavy atom. The van der Waals surface area contributed by atoms with Crippen molar-refractivity contribution in [3.05, 3.63) is 35.5 Å². The van der Waals surface area contributed by atoms with Crippen LogP contribution in [0.5, 0.6) is 0 Å². The molecule has 0 saturated carbocycles. The molecule has 0 saturated heterocycles. The van der Waals surface area contributed by atoms with E-state index < -0.39 is 12.0 Å². The van der Waals surface area contributed by atoms with Gasteiger partial charge in [-0.05, 0) is 30.7 Å². The second-order valence-corrected chi connectivity index (χ2v) is 4.28. The minimum atomic E-state index is -1.04. The molecule has 0 spiro atoms. The number of carboxylic acids is 1. The van der Waals surface area contributed by atoms with Gasteiger partial charge in [-0.1, -0.05) is 0 Å². The van der Waals surface area contributed by atoms with Gasteiger partial charge in [-0.2, -0.15) is 0 Å². The summed E-state index contributed by atoms with van der Waals surface area (Å²) in [5, 5.41) is 9.65. The van der Waals surface area contributed by atoms with Gasteiger partial charge in [0.1, 0.15) is 6.04 Å². The van der Waals surface area contributed by atoms with E-state index in [-0.39, 0.29) is 12.2 Å². The predicted molar refractivity (Wildman–Crippen MR) is 67.6 cm³/mol. The van der Waals surface area contributed by atoms with Crippen LogP contribution in [0, 0.1) is 0 Å². The lowest BCUT2D eigenvalue weighted by atomic mass is 10.0. The smallest absolute Gasteiger partial charge is 0.320 e. The number of benzene rings is 1. The first-order valence-electron chi connectivity index (χ1n) is 5.58. The molecule has 0 fully saturated rings. The Bertz CT molecular complexity index is 616. The van der Waals surface area contributed by atoms with Gasteiger partial charge >= 0.3 is 5.97 Å². The standard InChI is InChI=1S/C13H14N2O3/c1-7(16)8-2-3-12-10(4-8)9(6-15-12)5-11(14)13(17)18/h2-4,6,11,15H,5,14H2,1H3,(H,17,18)/t11-/m0/s1. The van der Waals surface area contributed by atoms with Crippen LogP contribution < -0.4 is 5.73 Å². The van der Waals surface area contributed by atoms with Gasteiger partial charge in [0.15, 0.2) is 5.78 Å². The highest BCUT2D eigenvalue weighted by molar-refractivity contribution is 5.98. The number of hydrogen-bond acceptors (Lipinski definition) is 3. The summed E-state index contributed by atoms with van der Waals surface area (Å²) in [5.41, 5.74) is 7.80. The molecule has 4 N–H and O–H groups in total. The van der Waals surface area contributed by atoms with Crippen LogP contribution in [0.2, 0.25) is 0 Å². The van der Waals surface area contributed by atoms with Crippen molar-refractivity contribution in [2.75, 3.05) is 0 Å². The molecule has 1 aromatic carbocycles. The van der Waals surface area contributed by atoms with E-state index in [0.29, 0.717) is 5.56 Å². The Kier molecular flexibility index (Phi) is 3.16. The van der Waals surface area contributed by atoms with Gasteiger partial charge < -0.3 is 15.8 Å². The molecular formula is C13H14N2O3. The largest absolute Gasteiger partial charge is 0.480 e. The molecule has 2 rings (SSSR count). The lowest BCUT2D eigenvalue weighted by Crippen LogP contribution is -2.32. The Morgan fingerprint density at radius 1 is 1.44 bits per heavy atom. The Balaban J connectivity index is 2.42. The summed E-state index contributed by atoms with van der Waals surface area (Å²) in [6.45, 7) is 1.50. The van der Waals surface area contributed by atoms with E-state index in [9.17, 15) is 9.59 Å². The molecular weight excluding hydrogens is 232 g/mol. The monoisotopic (exact) mass is 246 g/mol. The number of nitrogens with two attached hydrogens (primary N) is 1. The second kappa shape index (κ2) is 4.62. The number of carbonyl (C=O) groups excluding carboxylic acids is 1.